The summed E-state index contributed by atoms with van der Waals surface area (Å²) >= 11 is 0. The first kappa shape index (κ1) is 13.5. The summed E-state index contributed by atoms with van der Waals surface area (Å²) in [6.07, 6.45) is 1.16. The zero-order valence-corrected chi connectivity index (χ0v) is 11.3. The van der Waals surface area contributed by atoms with Crippen LogP contribution in [0.2, 0.25) is 0 Å². The monoisotopic (exact) mass is 249 g/mol. The maximum atomic E-state index is 5.45. The molecule has 0 aliphatic carbocycles. The number of methoxy groups -OCH3 is 1. The molecule has 0 saturated carbocycles. The molecular formula is C15H23NO2. The molecule has 0 spiro atoms. The Bertz CT molecular complexity index is 336. The molecule has 100 valence electrons. The van der Waals surface area contributed by atoms with Crippen LogP contribution >= 0.6 is 0 Å². The minimum atomic E-state index is 0.256. The summed E-state index contributed by atoms with van der Waals surface area (Å²) < 4.78 is 10.8. The van der Waals surface area contributed by atoms with Gasteiger partial charge < -0.3 is 14.8 Å². The normalized spacial score (nSPS) is 22.9. The van der Waals surface area contributed by atoms with Crippen molar-refractivity contribution in [2.75, 3.05) is 26.9 Å². The first-order valence-electron chi connectivity index (χ1n) is 6.69. The molecule has 0 amide bonds. The molecule has 0 bridgehead atoms. The van der Waals surface area contributed by atoms with E-state index in [0.717, 1.165) is 19.6 Å². The zero-order chi connectivity index (χ0) is 12.8. The van der Waals surface area contributed by atoms with E-state index in [1.165, 1.54) is 5.56 Å². The average Bonchev–Trinajstić information content (AvgIpc) is 2.93. The van der Waals surface area contributed by atoms with Crippen molar-refractivity contribution in [2.45, 2.75) is 25.4 Å². The van der Waals surface area contributed by atoms with Gasteiger partial charge in [0, 0.05) is 19.8 Å². The number of benzene rings is 1. The van der Waals surface area contributed by atoms with E-state index in [-0.39, 0.29) is 6.04 Å². The highest BCUT2D eigenvalue weighted by atomic mass is 16.5. The third-order valence-electron chi connectivity index (χ3n) is 3.67. The van der Waals surface area contributed by atoms with E-state index in [1.54, 1.807) is 7.11 Å². The maximum absolute atomic E-state index is 5.45. The molecule has 1 aromatic carbocycles. The number of hydrogen-bond donors (Lipinski definition) is 1. The Kier molecular flexibility index (Phi) is 5.17. The number of nitrogens with one attached hydrogen (secondary N) is 1. The summed E-state index contributed by atoms with van der Waals surface area (Å²) in [6, 6.07) is 11.2. The SMILES string of the molecule is COCC(NC(C)C1CCOC1)c1ccccc1. The molecule has 1 saturated heterocycles. The summed E-state index contributed by atoms with van der Waals surface area (Å²) in [5.74, 6) is 0.619. The topological polar surface area (TPSA) is 30.5 Å². The van der Waals surface area contributed by atoms with Crippen molar-refractivity contribution < 1.29 is 9.47 Å². The molecule has 3 unspecified atom stereocenters. The lowest BCUT2D eigenvalue weighted by Crippen LogP contribution is -2.38. The van der Waals surface area contributed by atoms with Crippen LogP contribution in [-0.2, 0) is 9.47 Å². The van der Waals surface area contributed by atoms with Crippen LogP contribution < -0.4 is 5.32 Å². The summed E-state index contributed by atoms with van der Waals surface area (Å²) in [7, 11) is 1.75. The van der Waals surface area contributed by atoms with E-state index < -0.39 is 0 Å². The largest absolute Gasteiger partial charge is 0.383 e. The molecule has 3 atom stereocenters. The molecule has 18 heavy (non-hydrogen) atoms. The van der Waals surface area contributed by atoms with Crippen molar-refractivity contribution in [3.8, 4) is 0 Å². The smallest absolute Gasteiger partial charge is 0.0657 e. The average molecular weight is 249 g/mol. The summed E-state index contributed by atoms with van der Waals surface area (Å²) in [5, 5.41) is 3.67. The standard InChI is InChI=1S/C15H23NO2/c1-12(14-8-9-18-10-14)16-15(11-17-2)13-6-4-3-5-7-13/h3-7,12,14-16H,8-11H2,1-2H3. The van der Waals surface area contributed by atoms with Crippen LogP contribution in [0.5, 0.6) is 0 Å². The highest BCUT2D eigenvalue weighted by molar-refractivity contribution is 5.19. The lowest BCUT2D eigenvalue weighted by atomic mass is 9.98. The van der Waals surface area contributed by atoms with E-state index in [0.29, 0.717) is 18.6 Å². The Morgan fingerprint density at radius 3 is 2.78 bits per heavy atom. The summed E-state index contributed by atoms with van der Waals surface area (Å²) in [5.41, 5.74) is 1.28. The van der Waals surface area contributed by atoms with Crippen molar-refractivity contribution in [1.82, 2.24) is 5.32 Å². The van der Waals surface area contributed by atoms with Gasteiger partial charge in [0.05, 0.1) is 19.3 Å². The van der Waals surface area contributed by atoms with Gasteiger partial charge >= 0.3 is 0 Å². The van der Waals surface area contributed by atoms with Gasteiger partial charge in [-0.05, 0) is 24.8 Å². The molecule has 3 heteroatoms. The molecule has 1 heterocycles. The van der Waals surface area contributed by atoms with Crippen LogP contribution in [0.15, 0.2) is 30.3 Å². The molecule has 1 aromatic rings. The lowest BCUT2D eigenvalue weighted by Gasteiger charge is -2.26. The van der Waals surface area contributed by atoms with Crippen LogP contribution in [0, 0.1) is 5.92 Å². The van der Waals surface area contributed by atoms with Crippen LogP contribution in [0.25, 0.3) is 0 Å². The Labute approximate surface area is 109 Å². The van der Waals surface area contributed by atoms with Gasteiger partial charge in [0.15, 0.2) is 0 Å². The molecular weight excluding hydrogens is 226 g/mol. The quantitative estimate of drug-likeness (QED) is 0.839. The van der Waals surface area contributed by atoms with E-state index in [9.17, 15) is 0 Å². The third-order valence-corrected chi connectivity index (χ3v) is 3.67. The van der Waals surface area contributed by atoms with E-state index >= 15 is 0 Å². The fraction of sp³-hybridized carbons (Fsp3) is 0.600. The van der Waals surface area contributed by atoms with Gasteiger partial charge in [-0.1, -0.05) is 30.3 Å². The highest BCUT2D eigenvalue weighted by Gasteiger charge is 2.24. The van der Waals surface area contributed by atoms with Crippen molar-refractivity contribution in [2.24, 2.45) is 5.92 Å². The van der Waals surface area contributed by atoms with Gasteiger partial charge in [-0.2, -0.15) is 0 Å². The lowest BCUT2D eigenvalue weighted by molar-refractivity contribution is 0.147. The number of ether oxygens (including phenoxy) is 2. The second-order valence-electron chi connectivity index (χ2n) is 5.00. The van der Waals surface area contributed by atoms with Crippen LogP contribution in [0.3, 0.4) is 0 Å². The Balaban J connectivity index is 1.97. The molecule has 1 fully saturated rings. The van der Waals surface area contributed by atoms with Crippen molar-refractivity contribution in [1.29, 1.82) is 0 Å². The van der Waals surface area contributed by atoms with Gasteiger partial charge in [0.25, 0.3) is 0 Å². The molecule has 1 aliphatic rings. The first-order valence-corrected chi connectivity index (χ1v) is 6.69. The fourth-order valence-corrected chi connectivity index (χ4v) is 2.49. The predicted octanol–water partition coefficient (Wildman–Crippen LogP) is 2.39. The second-order valence-corrected chi connectivity index (χ2v) is 5.00. The molecule has 2 rings (SSSR count). The van der Waals surface area contributed by atoms with Gasteiger partial charge in [-0.3, -0.25) is 0 Å². The first-order chi connectivity index (χ1) is 8.81. The van der Waals surface area contributed by atoms with Gasteiger partial charge in [-0.25, -0.2) is 0 Å². The number of rotatable bonds is 6. The van der Waals surface area contributed by atoms with Crippen molar-refractivity contribution in [3.63, 3.8) is 0 Å². The molecule has 1 aliphatic heterocycles. The van der Waals surface area contributed by atoms with E-state index in [4.69, 9.17) is 9.47 Å². The maximum Gasteiger partial charge on any atom is 0.0657 e. The van der Waals surface area contributed by atoms with Gasteiger partial charge in [0.1, 0.15) is 0 Å². The number of hydrogen-bond acceptors (Lipinski definition) is 3. The van der Waals surface area contributed by atoms with Crippen LogP contribution in [0.4, 0.5) is 0 Å². The summed E-state index contributed by atoms with van der Waals surface area (Å²) in [6.45, 7) is 4.71. The Morgan fingerprint density at radius 1 is 1.39 bits per heavy atom. The summed E-state index contributed by atoms with van der Waals surface area (Å²) in [4.78, 5) is 0. The minimum Gasteiger partial charge on any atom is -0.383 e. The molecule has 1 N–H and O–H groups in total. The fourth-order valence-electron chi connectivity index (χ4n) is 2.49. The molecule has 0 radical (unpaired) electrons. The van der Waals surface area contributed by atoms with Gasteiger partial charge in [0.2, 0.25) is 0 Å². The van der Waals surface area contributed by atoms with Crippen molar-refractivity contribution >= 4 is 0 Å². The molecule has 0 aromatic heterocycles. The second kappa shape index (κ2) is 6.88. The van der Waals surface area contributed by atoms with E-state index in [1.807, 2.05) is 6.07 Å². The predicted molar refractivity (Wildman–Crippen MR) is 72.6 cm³/mol. The van der Waals surface area contributed by atoms with Gasteiger partial charge in [-0.15, -0.1) is 0 Å². The zero-order valence-electron chi connectivity index (χ0n) is 11.3. The Hall–Kier alpha value is -0.900. The third kappa shape index (κ3) is 3.55. The highest BCUT2D eigenvalue weighted by Crippen LogP contribution is 2.20. The minimum absolute atomic E-state index is 0.256. The molecule has 3 nitrogen and oxygen atoms in total. The van der Waals surface area contributed by atoms with Crippen LogP contribution in [0.1, 0.15) is 24.9 Å². The van der Waals surface area contributed by atoms with Crippen molar-refractivity contribution in [3.05, 3.63) is 35.9 Å². The van der Waals surface area contributed by atoms with Crippen LogP contribution in [-0.4, -0.2) is 33.0 Å². The van der Waals surface area contributed by atoms with E-state index in [2.05, 4.69) is 36.5 Å². The Morgan fingerprint density at radius 2 is 2.17 bits per heavy atom.